The molecule has 0 amide bonds. The number of hydrogen-bond acceptors (Lipinski definition) is 2. The van der Waals surface area contributed by atoms with Gasteiger partial charge in [0.2, 0.25) is 0 Å². The van der Waals surface area contributed by atoms with Crippen molar-refractivity contribution in [1.29, 1.82) is 5.26 Å². The van der Waals surface area contributed by atoms with E-state index in [-0.39, 0.29) is 5.54 Å². The second-order valence-corrected chi connectivity index (χ2v) is 5.85. The van der Waals surface area contributed by atoms with Crippen LogP contribution in [-0.2, 0) is 0 Å². The van der Waals surface area contributed by atoms with E-state index in [1.807, 2.05) is 0 Å². The van der Waals surface area contributed by atoms with Crippen molar-refractivity contribution < 1.29 is 0 Å². The highest BCUT2D eigenvalue weighted by molar-refractivity contribution is 5.49. The van der Waals surface area contributed by atoms with Gasteiger partial charge in [-0.1, -0.05) is 31.5 Å². The summed E-state index contributed by atoms with van der Waals surface area (Å²) in [5, 5.41) is 13.1. The van der Waals surface area contributed by atoms with E-state index in [0.29, 0.717) is 5.92 Å². The molecule has 0 aliphatic heterocycles. The summed E-state index contributed by atoms with van der Waals surface area (Å²) in [5.74, 6) is 1.13. The van der Waals surface area contributed by atoms with Crippen molar-refractivity contribution in [2.75, 3.05) is 5.32 Å². The largest absolute Gasteiger partial charge is 0.367 e. The number of anilines is 1. The molecule has 1 N–H and O–H groups in total. The Hall–Kier alpha value is -1.49. The van der Waals surface area contributed by atoms with E-state index in [0.717, 1.165) is 30.9 Å². The number of aryl methyl sites for hydroxylation is 1. The lowest BCUT2D eigenvalue weighted by Gasteiger charge is -2.40. The third-order valence-corrected chi connectivity index (χ3v) is 4.25. The van der Waals surface area contributed by atoms with Crippen LogP contribution in [0, 0.1) is 30.1 Å². The molecule has 1 aromatic carbocycles. The van der Waals surface area contributed by atoms with E-state index in [4.69, 9.17) is 0 Å². The van der Waals surface area contributed by atoms with E-state index in [9.17, 15) is 5.26 Å². The molecular weight excluding hydrogens is 220 g/mol. The smallest absolute Gasteiger partial charge is 0.127 e. The molecule has 2 rings (SSSR count). The molecule has 3 atom stereocenters. The molecule has 0 bridgehead atoms. The van der Waals surface area contributed by atoms with Gasteiger partial charge in [0.1, 0.15) is 5.54 Å². The number of hydrogen-bond donors (Lipinski definition) is 1. The van der Waals surface area contributed by atoms with Crippen LogP contribution in [0.15, 0.2) is 24.3 Å². The Bertz CT molecular complexity index is 443. The van der Waals surface area contributed by atoms with Crippen LogP contribution in [0.1, 0.15) is 38.7 Å². The fourth-order valence-corrected chi connectivity index (χ4v) is 2.92. The Morgan fingerprint density at radius 3 is 2.50 bits per heavy atom. The second-order valence-electron chi connectivity index (χ2n) is 5.85. The first-order valence-electron chi connectivity index (χ1n) is 6.82. The summed E-state index contributed by atoms with van der Waals surface area (Å²) >= 11 is 0. The summed E-state index contributed by atoms with van der Waals surface area (Å²) in [5.41, 5.74) is 1.92. The number of nitrogens with zero attached hydrogens (tertiary/aromatic N) is 1. The van der Waals surface area contributed by atoms with Gasteiger partial charge in [-0.3, -0.25) is 0 Å². The molecule has 1 aromatic rings. The molecule has 3 unspecified atom stereocenters. The first-order chi connectivity index (χ1) is 8.55. The number of benzene rings is 1. The minimum absolute atomic E-state index is 0.387. The lowest BCUT2D eigenvalue weighted by molar-refractivity contribution is 0.229. The molecule has 2 nitrogen and oxygen atoms in total. The fourth-order valence-electron chi connectivity index (χ4n) is 2.92. The van der Waals surface area contributed by atoms with Crippen molar-refractivity contribution in [2.24, 2.45) is 11.8 Å². The molecule has 1 aliphatic carbocycles. The molecule has 96 valence electrons. The Morgan fingerprint density at radius 2 is 1.94 bits per heavy atom. The molecule has 2 heteroatoms. The Labute approximate surface area is 110 Å². The zero-order valence-electron chi connectivity index (χ0n) is 11.5. The third kappa shape index (κ3) is 2.51. The molecule has 1 saturated carbocycles. The Morgan fingerprint density at radius 1 is 1.28 bits per heavy atom. The zero-order valence-corrected chi connectivity index (χ0v) is 11.5. The topological polar surface area (TPSA) is 35.8 Å². The van der Waals surface area contributed by atoms with E-state index in [2.05, 4.69) is 56.4 Å². The number of nitriles is 1. The molecular formula is C16H22N2. The maximum Gasteiger partial charge on any atom is 0.127 e. The Balaban J connectivity index is 2.18. The van der Waals surface area contributed by atoms with Crippen LogP contribution < -0.4 is 5.32 Å². The van der Waals surface area contributed by atoms with Crippen molar-refractivity contribution in [3.05, 3.63) is 29.8 Å². The Kier molecular flexibility index (Phi) is 3.61. The minimum Gasteiger partial charge on any atom is -0.367 e. The molecule has 18 heavy (non-hydrogen) atoms. The summed E-state index contributed by atoms with van der Waals surface area (Å²) in [6.07, 6.45) is 3.21. The van der Waals surface area contributed by atoms with Gasteiger partial charge in [-0.05, 0) is 50.2 Å². The molecule has 0 spiro atoms. The highest BCUT2D eigenvalue weighted by Crippen LogP contribution is 2.38. The van der Waals surface area contributed by atoms with Gasteiger partial charge in [-0.2, -0.15) is 5.26 Å². The van der Waals surface area contributed by atoms with Gasteiger partial charge in [0.15, 0.2) is 0 Å². The first kappa shape index (κ1) is 13.0. The van der Waals surface area contributed by atoms with Crippen molar-refractivity contribution in [3.63, 3.8) is 0 Å². The SMILES string of the molecule is Cc1ccc(NC2(C#N)CCC(C)CC2C)cc1. The summed E-state index contributed by atoms with van der Waals surface area (Å²) in [4.78, 5) is 0. The van der Waals surface area contributed by atoms with E-state index < -0.39 is 0 Å². The molecule has 0 saturated heterocycles. The average molecular weight is 242 g/mol. The predicted octanol–water partition coefficient (Wildman–Crippen LogP) is 4.13. The predicted molar refractivity (Wildman–Crippen MR) is 75.3 cm³/mol. The summed E-state index contributed by atoms with van der Waals surface area (Å²) in [7, 11) is 0. The van der Waals surface area contributed by atoms with Crippen molar-refractivity contribution in [3.8, 4) is 6.07 Å². The third-order valence-electron chi connectivity index (χ3n) is 4.25. The van der Waals surface area contributed by atoms with Crippen LogP contribution in [0.25, 0.3) is 0 Å². The van der Waals surface area contributed by atoms with E-state index >= 15 is 0 Å². The second kappa shape index (κ2) is 5.02. The van der Waals surface area contributed by atoms with Crippen molar-refractivity contribution >= 4 is 5.69 Å². The van der Waals surface area contributed by atoms with Crippen LogP contribution in [0.5, 0.6) is 0 Å². The monoisotopic (exact) mass is 242 g/mol. The van der Waals surface area contributed by atoms with E-state index in [1.54, 1.807) is 0 Å². The van der Waals surface area contributed by atoms with Crippen LogP contribution in [0.2, 0.25) is 0 Å². The average Bonchev–Trinajstić information content (AvgIpc) is 2.36. The molecule has 1 fully saturated rings. The number of rotatable bonds is 2. The molecule has 0 radical (unpaired) electrons. The van der Waals surface area contributed by atoms with Gasteiger partial charge in [0, 0.05) is 5.69 Å². The molecule has 0 aromatic heterocycles. The highest BCUT2D eigenvalue weighted by Gasteiger charge is 2.40. The number of nitrogens with one attached hydrogen (secondary N) is 1. The van der Waals surface area contributed by atoms with Gasteiger partial charge in [0.05, 0.1) is 6.07 Å². The molecule has 0 heterocycles. The van der Waals surface area contributed by atoms with Crippen LogP contribution in [0.4, 0.5) is 5.69 Å². The summed E-state index contributed by atoms with van der Waals surface area (Å²) < 4.78 is 0. The standard InChI is InChI=1S/C16H22N2/c1-12-4-6-15(7-5-12)18-16(11-17)9-8-13(2)10-14(16)3/h4-7,13-14,18H,8-10H2,1-3H3. The maximum atomic E-state index is 9.60. The van der Waals surface area contributed by atoms with Crippen LogP contribution >= 0.6 is 0 Å². The maximum absolute atomic E-state index is 9.60. The molecule has 1 aliphatic rings. The lowest BCUT2D eigenvalue weighted by Crippen LogP contribution is -2.46. The van der Waals surface area contributed by atoms with Crippen molar-refractivity contribution in [2.45, 2.75) is 45.6 Å². The zero-order chi connectivity index (χ0) is 13.2. The van der Waals surface area contributed by atoms with Gasteiger partial charge >= 0.3 is 0 Å². The lowest BCUT2D eigenvalue weighted by atomic mass is 9.70. The van der Waals surface area contributed by atoms with Gasteiger partial charge in [0.25, 0.3) is 0 Å². The fraction of sp³-hybridized carbons (Fsp3) is 0.562. The summed E-state index contributed by atoms with van der Waals surface area (Å²) in [6.45, 7) is 6.55. The minimum atomic E-state index is -0.387. The normalized spacial score (nSPS) is 31.7. The highest BCUT2D eigenvalue weighted by atomic mass is 15.0. The van der Waals surface area contributed by atoms with Gasteiger partial charge < -0.3 is 5.32 Å². The van der Waals surface area contributed by atoms with E-state index in [1.165, 1.54) is 5.56 Å². The van der Waals surface area contributed by atoms with Crippen molar-refractivity contribution in [1.82, 2.24) is 0 Å². The quantitative estimate of drug-likeness (QED) is 0.846. The summed E-state index contributed by atoms with van der Waals surface area (Å²) in [6, 6.07) is 10.9. The van der Waals surface area contributed by atoms with Crippen LogP contribution in [-0.4, -0.2) is 5.54 Å². The van der Waals surface area contributed by atoms with Gasteiger partial charge in [-0.15, -0.1) is 0 Å². The first-order valence-corrected chi connectivity index (χ1v) is 6.82. The van der Waals surface area contributed by atoms with Crippen LogP contribution in [0.3, 0.4) is 0 Å². The van der Waals surface area contributed by atoms with Gasteiger partial charge in [-0.25, -0.2) is 0 Å².